The number of hydrogen-bond acceptors (Lipinski definition) is 5. The first kappa shape index (κ1) is 23.3. The number of benzene rings is 2. The summed E-state index contributed by atoms with van der Waals surface area (Å²) in [6, 6.07) is 16.1. The van der Waals surface area contributed by atoms with Gasteiger partial charge in [-0.25, -0.2) is 9.18 Å². The molecule has 1 heterocycles. The molecule has 2 aromatic carbocycles. The Hall–Kier alpha value is -2.86. The highest BCUT2D eigenvalue weighted by Gasteiger charge is 2.41. The number of thioether (sulfide) groups is 1. The number of ketones is 1. The molecule has 0 bridgehead atoms. The minimum absolute atomic E-state index is 0.00580. The van der Waals surface area contributed by atoms with Gasteiger partial charge in [0.05, 0.1) is 5.57 Å². The molecule has 2 atom stereocenters. The standard InChI is InChI=1S/C27H28FNO3S/c1-3-33-14-13-32-27(31)24-17(2)29-22-15-20(18-7-5-4-6-8-18)16-23(30)26(22)25(24)19-9-11-21(28)12-10-19/h4-12,20,25,29H,3,13-16H2,1-2H3/t20-,25+/m0/s1. The van der Waals surface area contributed by atoms with E-state index in [1.54, 1.807) is 23.9 Å². The molecule has 1 aliphatic heterocycles. The van der Waals surface area contributed by atoms with E-state index in [0.717, 1.165) is 22.8 Å². The first-order chi connectivity index (χ1) is 16.0. The van der Waals surface area contributed by atoms with E-state index in [9.17, 15) is 14.0 Å². The van der Waals surface area contributed by atoms with Crippen LogP contribution in [0.5, 0.6) is 0 Å². The van der Waals surface area contributed by atoms with Gasteiger partial charge in [-0.3, -0.25) is 4.79 Å². The zero-order chi connectivity index (χ0) is 23.4. The summed E-state index contributed by atoms with van der Waals surface area (Å²) in [5, 5.41) is 3.35. The van der Waals surface area contributed by atoms with Gasteiger partial charge in [-0.1, -0.05) is 49.4 Å². The largest absolute Gasteiger partial charge is 0.461 e. The van der Waals surface area contributed by atoms with Crippen LogP contribution in [0.3, 0.4) is 0 Å². The summed E-state index contributed by atoms with van der Waals surface area (Å²) < 4.78 is 19.2. The summed E-state index contributed by atoms with van der Waals surface area (Å²) in [4.78, 5) is 26.6. The molecule has 0 saturated carbocycles. The van der Waals surface area contributed by atoms with Crippen LogP contribution in [0.15, 0.2) is 77.1 Å². The average Bonchev–Trinajstić information content (AvgIpc) is 2.82. The third-order valence-electron chi connectivity index (χ3n) is 6.19. The molecule has 0 unspecified atom stereocenters. The molecule has 172 valence electrons. The first-order valence-electron chi connectivity index (χ1n) is 11.3. The van der Waals surface area contributed by atoms with Crippen molar-refractivity contribution in [1.82, 2.24) is 5.32 Å². The highest BCUT2D eigenvalue weighted by molar-refractivity contribution is 7.99. The molecule has 2 aromatic rings. The van der Waals surface area contributed by atoms with Gasteiger partial charge in [0.25, 0.3) is 0 Å². The van der Waals surface area contributed by atoms with Crippen LogP contribution < -0.4 is 5.32 Å². The van der Waals surface area contributed by atoms with Crippen molar-refractivity contribution in [2.45, 2.75) is 38.5 Å². The minimum Gasteiger partial charge on any atom is -0.461 e. The number of esters is 1. The van der Waals surface area contributed by atoms with Crippen molar-refractivity contribution in [3.63, 3.8) is 0 Å². The van der Waals surface area contributed by atoms with Crippen LogP contribution in [0.4, 0.5) is 4.39 Å². The quantitative estimate of drug-likeness (QED) is 0.433. The van der Waals surface area contributed by atoms with Gasteiger partial charge < -0.3 is 10.1 Å². The van der Waals surface area contributed by atoms with Crippen molar-refractivity contribution in [3.05, 3.63) is 94.1 Å². The number of hydrogen-bond donors (Lipinski definition) is 1. The van der Waals surface area contributed by atoms with Gasteiger partial charge in [0.1, 0.15) is 12.4 Å². The second kappa shape index (κ2) is 10.4. The maximum atomic E-state index is 13.7. The molecule has 33 heavy (non-hydrogen) atoms. The Balaban J connectivity index is 1.70. The number of Topliss-reactive ketones (excluding diaryl/α,β-unsaturated/α-hetero) is 1. The molecule has 4 rings (SSSR count). The molecular weight excluding hydrogens is 437 g/mol. The van der Waals surface area contributed by atoms with Gasteiger partial charge in [-0.15, -0.1) is 0 Å². The zero-order valence-corrected chi connectivity index (χ0v) is 19.7. The Morgan fingerprint density at radius 1 is 1.09 bits per heavy atom. The molecule has 0 aromatic heterocycles. The Bertz CT molecular complexity index is 1090. The van der Waals surface area contributed by atoms with Crippen LogP contribution in [-0.4, -0.2) is 29.9 Å². The van der Waals surface area contributed by atoms with Crippen LogP contribution in [0, 0.1) is 5.82 Å². The molecule has 6 heteroatoms. The van der Waals surface area contributed by atoms with Gasteiger partial charge in [-0.2, -0.15) is 11.8 Å². The molecule has 0 fully saturated rings. The fourth-order valence-corrected chi connectivity index (χ4v) is 5.16. The minimum atomic E-state index is -0.572. The molecule has 0 amide bonds. The fourth-order valence-electron chi connectivity index (χ4n) is 4.67. The first-order valence-corrected chi connectivity index (χ1v) is 12.4. The molecule has 1 aliphatic carbocycles. The molecule has 2 aliphatic rings. The average molecular weight is 466 g/mol. The second-order valence-electron chi connectivity index (χ2n) is 8.31. The Morgan fingerprint density at radius 2 is 1.82 bits per heavy atom. The fraction of sp³-hybridized carbons (Fsp3) is 0.333. The molecular formula is C27H28FNO3S. The SMILES string of the molecule is CCSCCOC(=O)C1=C(C)NC2=C(C(=O)C[C@@H](c3ccccc3)C2)[C@@H]1c1ccc(F)cc1. The number of ether oxygens (including phenoxy) is 1. The van der Waals surface area contributed by atoms with Crippen LogP contribution in [-0.2, 0) is 14.3 Å². The summed E-state index contributed by atoms with van der Waals surface area (Å²) >= 11 is 1.70. The highest BCUT2D eigenvalue weighted by Crippen LogP contribution is 2.45. The van der Waals surface area contributed by atoms with Gasteiger partial charge in [0, 0.05) is 35.1 Å². The number of carbonyl (C=O) groups is 2. The summed E-state index contributed by atoms with van der Waals surface area (Å²) in [6.07, 6.45) is 1.05. The number of nitrogens with one attached hydrogen (secondary N) is 1. The predicted octanol–water partition coefficient (Wildman–Crippen LogP) is 5.48. The Morgan fingerprint density at radius 3 is 2.52 bits per heavy atom. The summed E-state index contributed by atoms with van der Waals surface area (Å²) in [6.45, 7) is 4.20. The maximum Gasteiger partial charge on any atom is 0.336 e. The highest BCUT2D eigenvalue weighted by atomic mass is 32.2. The van der Waals surface area contributed by atoms with Crippen molar-refractivity contribution >= 4 is 23.5 Å². The van der Waals surface area contributed by atoms with E-state index in [2.05, 4.69) is 12.2 Å². The lowest BCUT2D eigenvalue weighted by Gasteiger charge is -2.36. The van der Waals surface area contributed by atoms with Crippen LogP contribution in [0.1, 0.15) is 49.7 Å². The molecule has 4 nitrogen and oxygen atoms in total. The predicted molar refractivity (Wildman–Crippen MR) is 129 cm³/mol. The van der Waals surface area contributed by atoms with Crippen molar-refractivity contribution in [1.29, 1.82) is 0 Å². The second-order valence-corrected chi connectivity index (χ2v) is 9.71. The smallest absolute Gasteiger partial charge is 0.336 e. The van der Waals surface area contributed by atoms with Crippen LogP contribution in [0.25, 0.3) is 0 Å². The lowest BCUT2D eigenvalue weighted by Crippen LogP contribution is -2.36. The number of dihydropyridines is 1. The molecule has 0 radical (unpaired) electrons. The number of rotatable bonds is 7. The Labute approximate surface area is 198 Å². The third-order valence-corrected chi connectivity index (χ3v) is 7.05. The lowest BCUT2D eigenvalue weighted by atomic mass is 9.72. The normalized spacial score (nSPS) is 20.4. The van der Waals surface area contributed by atoms with E-state index in [4.69, 9.17) is 4.74 Å². The summed E-state index contributed by atoms with van der Waals surface area (Å²) in [5.74, 6) is 0.383. The van der Waals surface area contributed by atoms with Crippen molar-refractivity contribution < 1.29 is 18.7 Å². The molecule has 0 spiro atoms. The van der Waals surface area contributed by atoms with Crippen molar-refractivity contribution in [2.24, 2.45) is 0 Å². The van der Waals surface area contributed by atoms with E-state index in [0.29, 0.717) is 41.9 Å². The lowest BCUT2D eigenvalue weighted by molar-refractivity contribution is -0.138. The van der Waals surface area contributed by atoms with Crippen molar-refractivity contribution in [2.75, 3.05) is 18.1 Å². The van der Waals surface area contributed by atoms with Crippen LogP contribution >= 0.6 is 11.8 Å². The Kier molecular flexibility index (Phi) is 7.33. The monoisotopic (exact) mass is 465 g/mol. The summed E-state index contributed by atoms with van der Waals surface area (Å²) in [7, 11) is 0. The van der Waals surface area contributed by atoms with E-state index in [1.807, 2.05) is 37.3 Å². The van der Waals surface area contributed by atoms with E-state index < -0.39 is 11.9 Å². The molecule has 0 saturated heterocycles. The number of carbonyl (C=O) groups excluding carboxylic acids is 2. The topological polar surface area (TPSA) is 55.4 Å². The van der Waals surface area contributed by atoms with E-state index in [1.165, 1.54) is 12.1 Å². The van der Waals surface area contributed by atoms with Gasteiger partial charge in [0.2, 0.25) is 0 Å². The van der Waals surface area contributed by atoms with Crippen LogP contribution in [0.2, 0.25) is 0 Å². The summed E-state index contributed by atoms with van der Waals surface area (Å²) in [5.41, 5.74) is 4.37. The third kappa shape index (κ3) is 5.06. The number of halogens is 1. The van der Waals surface area contributed by atoms with Gasteiger partial charge in [-0.05, 0) is 48.3 Å². The van der Waals surface area contributed by atoms with Gasteiger partial charge in [0.15, 0.2) is 5.78 Å². The van der Waals surface area contributed by atoms with E-state index >= 15 is 0 Å². The van der Waals surface area contributed by atoms with Crippen molar-refractivity contribution in [3.8, 4) is 0 Å². The maximum absolute atomic E-state index is 13.7. The molecule has 1 N–H and O–H groups in total. The van der Waals surface area contributed by atoms with E-state index in [-0.39, 0.29) is 17.5 Å². The van der Waals surface area contributed by atoms with Gasteiger partial charge >= 0.3 is 5.97 Å². The zero-order valence-electron chi connectivity index (χ0n) is 18.9. The number of allylic oxidation sites excluding steroid dienone is 3.